The van der Waals surface area contributed by atoms with Crippen LogP contribution < -0.4 is 14.4 Å². The van der Waals surface area contributed by atoms with Crippen LogP contribution in [0.15, 0.2) is 176 Å². The minimum absolute atomic E-state index is 0.126. The molecule has 0 amide bonds. The van der Waals surface area contributed by atoms with Gasteiger partial charge in [0.15, 0.2) is 11.5 Å². The summed E-state index contributed by atoms with van der Waals surface area (Å²) in [6.45, 7) is 4.68. The summed E-state index contributed by atoms with van der Waals surface area (Å²) in [6.07, 6.45) is 0. The molecule has 0 unspecified atom stereocenters. The van der Waals surface area contributed by atoms with E-state index in [9.17, 15) is 0 Å². The van der Waals surface area contributed by atoms with Gasteiger partial charge in [0.25, 0.3) is 0 Å². The van der Waals surface area contributed by atoms with Gasteiger partial charge in [0, 0.05) is 22.4 Å². The molecule has 1 heterocycles. The van der Waals surface area contributed by atoms with Crippen molar-refractivity contribution in [3.63, 3.8) is 0 Å². The number of para-hydroxylation sites is 1. The fourth-order valence-electron chi connectivity index (χ4n) is 8.12. The van der Waals surface area contributed by atoms with Crippen molar-refractivity contribution in [2.45, 2.75) is 19.3 Å². The Labute approximate surface area is 304 Å². The lowest BCUT2D eigenvalue weighted by atomic mass is 9.82. The van der Waals surface area contributed by atoms with E-state index in [-0.39, 0.29) is 5.41 Å². The van der Waals surface area contributed by atoms with Crippen LogP contribution in [0.3, 0.4) is 0 Å². The Morgan fingerprint density at radius 1 is 0.404 bits per heavy atom. The fraction of sp³-hybridized carbons (Fsp3) is 0.0612. The quantitative estimate of drug-likeness (QED) is 0.182. The average Bonchev–Trinajstić information content (AvgIpc) is 3.30. The van der Waals surface area contributed by atoms with Crippen LogP contribution in [0, 0.1) is 0 Å². The zero-order valence-electron chi connectivity index (χ0n) is 29.0. The Hall–Kier alpha value is -6.58. The van der Waals surface area contributed by atoms with Crippen LogP contribution in [0.4, 0.5) is 17.1 Å². The van der Waals surface area contributed by atoms with E-state index in [1.807, 2.05) is 30.3 Å². The van der Waals surface area contributed by atoms with Gasteiger partial charge in [-0.2, -0.15) is 0 Å². The highest BCUT2D eigenvalue weighted by Gasteiger charge is 2.36. The summed E-state index contributed by atoms with van der Waals surface area (Å²) in [7, 11) is 0. The van der Waals surface area contributed by atoms with E-state index in [2.05, 4.69) is 164 Å². The molecule has 10 rings (SSSR count). The van der Waals surface area contributed by atoms with Crippen LogP contribution in [-0.2, 0) is 5.41 Å². The number of rotatable bonds is 5. The molecule has 0 spiro atoms. The standard InChI is InChI=1S/C49H35NO2/c1-49(2)41-18-8-6-17-39(41)40-28-27-37(31-42(40)49)50(36-25-22-33(23-26-36)32-12-4-3-5-13-32)43-19-9-7-16-38(43)35-24-29-44-47(30-35)52-46-21-11-15-34-14-10-20-45(51-44)48(34)46/h3-31H,1-2H3. The number of benzene rings is 8. The van der Waals surface area contributed by atoms with Gasteiger partial charge in [-0.25, -0.2) is 0 Å². The first-order valence-electron chi connectivity index (χ1n) is 17.8. The van der Waals surface area contributed by atoms with Crippen molar-refractivity contribution in [3.05, 3.63) is 187 Å². The van der Waals surface area contributed by atoms with Crippen molar-refractivity contribution in [1.82, 2.24) is 0 Å². The molecule has 0 saturated carbocycles. The van der Waals surface area contributed by atoms with Crippen LogP contribution in [0.2, 0.25) is 0 Å². The van der Waals surface area contributed by atoms with Crippen molar-refractivity contribution >= 4 is 27.8 Å². The van der Waals surface area contributed by atoms with Crippen LogP contribution in [0.5, 0.6) is 23.0 Å². The Morgan fingerprint density at radius 3 is 1.81 bits per heavy atom. The van der Waals surface area contributed by atoms with Crippen molar-refractivity contribution in [2.24, 2.45) is 0 Å². The summed E-state index contributed by atoms with van der Waals surface area (Å²) in [5.74, 6) is 2.97. The van der Waals surface area contributed by atoms with Gasteiger partial charge < -0.3 is 14.4 Å². The van der Waals surface area contributed by atoms with E-state index in [1.54, 1.807) is 0 Å². The second kappa shape index (κ2) is 11.8. The molecule has 0 bridgehead atoms. The van der Waals surface area contributed by atoms with Gasteiger partial charge >= 0.3 is 0 Å². The number of ether oxygens (including phenoxy) is 2. The summed E-state index contributed by atoms with van der Waals surface area (Å²) >= 11 is 0. The summed E-state index contributed by atoms with van der Waals surface area (Å²) < 4.78 is 13.1. The zero-order chi connectivity index (χ0) is 34.8. The van der Waals surface area contributed by atoms with Crippen molar-refractivity contribution < 1.29 is 9.47 Å². The molecule has 0 saturated heterocycles. The number of fused-ring (bicyclic) bond motifs is 4. The third-order valence-corrected chi connectivity index (χ3v) is 10.7. The molecule has 1 aliphatic heterocycles. The highest BCUT2D eigenvalue weighted by atomic mass is 16.5. The minimum Gasteiger partial charge on any atom is -0.453 e. The molecule has 2 aliphatic rings. The van der Waals surface area contributed by atoms with Gasteiger partial charge in [0.1, 0.15) is 11.5 Å². The first-order chi connectivity index (χ1) is 25.5. The second-order valence-corrected chi connectivity index (χ2v) is 14.1. The second-order valence-electron chi connectivity index (χ2n) is 14.1. The van der Waals surface area contributed by atoms with Crippen LogP contribution in [-0.4, -0.2) is 0 Å². The normalized spacial score (nSPS) is 13.3. The predicted octanol–water partition coefficient (Wildman–Crippen LogP) is 13.8. The molecule has 0 radical (unpaired) electrons. The summed E-state index contributed by atoms with van der Waals surface area (Å²) in [5.41, 5.74) is 13.0. The van der Waals surface area contributed by atoms with E-state index in [0.29, 0.717) is 11.5 Å². The van der Waals surface area contributed by atoms with E-state index in [1.165, 1.54) is 33.4 Å². The van der Waals surface area contributed by atoms with Crippen molar-refractivity contribution in [2.75, 3.05) is 4.90 Å². The Balaban J connectivity index is 1.12. The molecular formula is C49H35NO2. The molecule has 0 N–H and O–H groups in total. The lowest BCUT2D eigenvalue weighted by Crippen LogP contribution is -2.16. The smallest absolute Gasteiger partial charge is 0.170 e. The van der Waals surface area contributed by atoms with Gasteiger partial charge in [-0.05, 0) is 98.9 Å². The van der Waals surface area contributed by atoms with Crippen LogP contribution >= 0.6 is 0 Å². The molecule has 1 aliphatic carbocycles. The summed E-state index contributed by atoms with van der Waals surface area (Å²) in [4.78, 5) is 2.39. The number of hydrogen-bond donors (Lipinski definition) is 0. The molecular weight excluding hydrogens is 635 g/mol. The Morgan fingerprint density at radius 2 is 1.02 bits per heavy atom. The zero-order valence-corrected chi connectivity index (χ0v) is 29.0. The van der Waals surface area contributed by atoms with E-state index < -0.39 is 0 Å². The molecule has 248 valence electrons. The van der Waals surface area contributed by atoms with Crippen LogP contribution in [0.1, 0.15) is 25.0 Å². The van der Waals surface area contributed by atoms with Gasteiger partial charge in [-0.15, -0.1) is 0 Å². The highest BCUT2D eigenvalue weighted by Crippen LogP contribution is 2.52. The lowest BCUT2D eigenvalue weighted by Gasteiger charge is -2.30. The first-order valence-corrected chi connectivity index (χ1v) is 17.8. The molecule has 8 aromatic rings. The van der Waals surface area contributed by atoms with Gasteiger partial charge in [-0.3, -0.25) is 0 Å². The Bertz CT molecular complexity index is 2650. The molecule has 0 aromatic heterocycles. The molecule has 8 aromatic carbocycles. The number of hydrogen-bond acceptors (Lipinski definition) is 3. The summed E-state index contributed by atoms with van der Waals surface area (Å²) in [5, 5.41) is 2.07. The van der Waals surface area contributed by atoms with E-state index in [0.717, 1.165) is 50.5 Å². The minimum atomic E-state index is -0.126. The van der Waals surface area contributed by atoms with Crippen molar-refractivity contribution in [3.8, 4) is 56.4 Å². The topological polar surface area (TPSA) is 21.7 Å². The Kier molecular flexibility index (Phi) is 6.84. The van der Waals surface area contributed by atoms with Crippen LogP contribution in [0.25, 0.3) is 44.2 Å². The van der Waals surface area contributed by atoms with E-state index >= 15 is 0 Å². The fourth-order valence-corrected chi connectivity index (χ4v) is 8.12. The average molecular weight is 670 g/mol. The maximum Gasteiger partial charge on any atom is 0.170 e. The molecule has 3 nitrogen and oxygen atoms in total. The third kappa shape index (κ3) is 4.81. The maximum atomic E-state index is 6.63. The lowest BCUT2D eigenvalue weighted by molar-refractivity contribution is 0.439. The van der Waals surface area contributed by atoms with Gasteiger partial charge in [0.05, 0.1) is 11.1 Å². The van der Waals surface area contributed by atoms with Gasteiger partial charge in [-0.1, -0.05) is 135 Å². The number of nitrogens with zero attached hydrogens (tertiary/aromatic N) is 1. The van der Waals surface area contributed by atoms with E-state index in [4.69, 9.17) is 9.47 Å². The maximum absolute atomic E-state index is 6.63. The monoisotopic (exact) mass is 669 g/mol. The number of anilines is 3. The first kappa shape index (κ1) is 30.3. The summed E-state index contributed by atoms with van der Waals surface area (Å²) in [6, 6.07) is 62.4. The molecule has 52 heavy (non-hydrogen) atoms. The highest BCUT2D eigenvalue weighted by molar-refractivity contribution is 5.95. The predicted molar refractivity (Wildman–Crippen MR) is 214 cm³/mol. The van der Waals surface area contributed by atoms with Gasteiger partial charge in [0.2, 0.25) is 0 Å². The third-order valence-electron chi connectivity index (χ3n) is 10.7. The largest absolute Gasteiger partial charge is 0.453 e. The molecule has 3 heteroatoms. The van der Waals surface area contributed by atoms with Crippen molar-refractivity contribution in [1.29, 1.82) is 0 Å². The SMILES string of the molecule is CC1(C)c2ccccc2-c2ccc(N(c3ccc(-c4ccccc4)cc3)c3ccccc3-c3ccc4c(c3)Oc3cccc5cccc(c35)O4)cc21. The molecule has 0 atom stereocenters. The molecule has 0 fully saturated rings.